The molecule has 1 amide bonds. The fourth-order valence-corrected chi connectivity index (χ4v) is 8.32. The predicted molar refractivity (Wildman–Crippen MR) is 245 cm³/mol. The van der Waals surface area contributed by atoms with E-state index in [1.807, 2.05) is 24.3 Å². The molecule has 65 heavy (non-hydrogen) atoms. The van der Waals surface area contributed by atoms with Crippen molar-refractivity contribution in [3.05, 3.63) is 144 Å². The van der Waals surface area contributed by atoms with E-state index in [0.717, 1.165) is 42.8 Å². The van der Waals surface area contributed by atoms with Gasteiger partial charge in [0.15, 0.2) is 5.82 Å². The Kier molecular flexibility index (Phi) is 12.6. The molecule has 7 aromatic rings. The van der Waals surface area contributed by atoms with E-state index in [1.165, 1.54) is 17.0 Å². The Hall–Kier alpha value is -7.23. The van der Waals surface area contributed by atoms with Gasteiger partial charge < -0.3 is 20.4 Å². The van der Waals surface area contributed by atoms with Gasteiger partial charge in [-0.2, -0.15) is 0 Å². The van der Waals surface area contributed by atoms with Crippen LogP contribution in [0.5, 0.6) is 0 Å². The van der Waals surface area contributed by atoms with Crippen LogP contribution in [0.4, 0.5) is 30.9 Å². The lowest BCUT2D eigenvalue weighted by molar-refractivity contribution is 0.0557. The fraction of sp³-hybridized carbons (Fsp3) is 0.327. The van der Waals surface area contributed by atoms with Crippen molar-refractivity contribution in [3.8, 4) is 28.5 Å². The monoisotopic (exact) mass is 878 g/mol. The lowest BCUT2D eigenvalue weighted by atomic mass is 9.66. The van der Waals surface area contributed by atoms with Crippen molar-refractivity contribution in [2.45, 2.75) is 89.6 Å². The molecule has 7 heterocycles. The van der Waals surface area contributed by atoms with Crippen LogP contribution < -0.4 is 16.0 Å². The number of aryl methyl sites for hydroxylation is 2. The van der Waals surface area contributed by atoms with Crippen LogP contribution in [0.3, 0.4) is 0 Å². The molecule has 3 N–H and O–H groups in total. The molecule has 0 atom stereocenters. The van der Waals surface area contributed by atoms with Gasteiger partial charge in [0.05, 0.1) is 46.5 Å². The second-order valence-corrected chi connectivity index (χ2v) is 17.8. The Morgan fingerprint density at radius 1 is 0.708 bits per heavy atom. The van der Waals surface area contributed by atoms with Gasteiger partial charge in [0.2, 0.25) is 0 Å². The molecular weight excluding hydrogens is 827 g/mol. The van der Waals surface area contributed by atoms with E-state index in [0.29, 0.717) is 70.9 Å². The van der Waals surface area contributed by atoms with Gasteiger partial charge in [0.25, 0.3) is 0 Å². The Morgan fingerprint density at radius 2 is 1.28 bits per heavy atom. The number of amides is 1. The van der Waals surface area contributed by atoms with Gasteiger partial charge in [-0.05, 0) is 145 Å². The molecular formula is C49H52F2N12O2. The third-order valence-electron chi connectivity index (χ3n) is 12.0. The summed E-state index contributed by atoms with van der Waals surface area (Å²) in [6.07, 6.45) is 11.3. The summed E-state index contributed by atoms with van der Waals surface area (Å²) in [4.78, 5) is 32.3. The molecule has 2 aliphatic rings. The normalized spacial score (nSPS) is 14.8. The van der Waals surface area contributed by atoms with E-state index in [2.05, 4.69) is 76.2 Å². The molecule has 334 valence electrons. The average Bonchev–Trinajstić information content (AvgIpc) is 3.61. The first-order valence-electron chi connectivity index (χ1n) is 21.7. The second kappa shape index (κ2) is 18.5. The molecule has 2 saturated carbocycles. The van der Waals surface area contributed by atoms with Gasteiger partial charge in [-0.15, -0.1) is 20.4 Å². The van der Waals surface area contributed by atoms with Crippen LogP contribution in [0.1, 0.15) is 82.1 Å². The SMILES string of the molecule is Cc1ccc(C)n1-c1ccc(-c2ccc(N(CC3(c4ncccc4F)CCC3)C(=O)OC(C)(C)C)nn2)nc1.Nc1ccc(-c2ccc(NCC3(c4ncccc4F)CCC3)nn2)nc1. The molecule has 0 aromatic carbocycles. The third kappa shape index (κ3) is 9.81. The summed E-state index contributed by atoms with van der Waals surface area (Å²) in [5.74, 6) is 0.352. The molecule has 0 aliphatic heterocycles. The van der Waals surface area contributed by atoms with Crippen molar-refractivity contribution in [1.82, 2.24) is 44.9 Å². The van der Waals surface area contributed by atoms with E-state index in [4.69, 9.17) is 10.5 Å². The molecule has 0 spiro atoms. The van der Waals surface area contributed by atoms with Crippen molar-refractivity contribution in [1.29, 1.82) is 0 Å². The maximum absolute atomic E-state index is 14.8. The van der Waals surface area contributed by atoms with Crippen molar-refractivity contribution in [2.75, 3.05) is 29.0 Å². The van der Waals surface area contributed by atoms with Crippen LogP contribution >= 0.6 is 0 Å². The minimum absolute atomic E-state index is 0.187. The summed E-state index contributed by atoms with van der Waals surface area (Å²) in [5.41, 5.74) is 11.4. The van der Waals surface area contributed by atoms with Crippen molar-refractivity contribution >= 4 is 23.4 Å². The van der Waals surface area contributed by atoms with Crippen molar-refractivity contribution in [2.24, 2.45) is 0 Å². The molecule has 0 bridgehead atoms. The molecule has 0 unspecified atom stereocenters. The van der Waals surface area contributed by atoms with Gasteiger partial charge in [-0.25, -0.2) is 13.6 Å². The molecule has 16 heteroatoms. The maximum atomic E-state index is 14.8. The number of carbonyl (C=O) groups is 1. The molecule has 14 nitrogen and oxygen atoms in total. The number of ether oxygens (including phenoxy) is 1. The number of hydrogen-bond acceptors (Lipinski definition) is 12. The zero-order valence-corrected chi connectivity index (χ0v) is 37.2. The fourth-order valence-electron chi connectivity index (χ4n) is 8.32. The second-order valence-electron chi connectivity index (χ2n) is 17.8. The first kappa shape index (κ1) is 44.4. The molecule has 9 rings (SSSR count). The zero-order valence-electron chi connectivity index (χ0n) is 37.2. The summed E-state index contributed by atoms with van der Waals surface area (Å²) in [5, 5.41) is 20.5. The summed E-state index contributed by atoms with van der Waals surface area (Å²) in [6, 6.07) is 24.9. The van der Waals surface area contributed by atoms with Crippen molar-refractivity contribution in [3.63, 3.8) is 0 Å². The van der Waals surface area contributed by atoms with Crippen molar-refractivity contribution < 1.29 is 18.3 Å². The number of rotatable bonds is 11. The summed E-state index contributed by atoms with van der Waals surface area (Å²) < 4.78 is 36.8. The average molecular weight is 879 g/mol. The van der Waals surface area contributed by atoms with Crippen LogP contribution in [0.15, 0.2) is 110 Å². The number of anilines is 3. The number of halogens is 2. The van der Waals surface area contributed by atoms with E-state index in [-0.39, 0.29) is 23.6 Å². The molecule has 0 radical (unpaired) electrons. The van der Waals surface area contributed by atoms with E-state index < -0.39 is 17.1 Å². The number of hydrogen-bond donors (Lipinski definition) is 2. The predicted octanol–water partition coefficient (Wildman–Crippen LogP) is 9.53. The van der Waals surface area contributed by atoms with Crippen LogP contribution in [-0.4, -0.2) is 69.7 Å². The minimum Gasteiger partial charge on any atom is -0.443 e. The van der Waals surface area contributed by atoms with Crippen LogP contribution in [0.25, 0.3) is 28.5 Å². The number of nitrogens with two attached hydrogens (primary N) is 1. The van der Waals surface area contributed by atoms with E-state index in [9.17, 15) is 13.6 Å². The van der Waals surface area contributed by atoms with E-state index in [1.54, 1.807) is 82.0 Å². The Balaban J connectivity index is 0.000000192. The molecule has 7 aromatic heterocycles. The molecule has 2 aliphatic carbocycles. The number of carbonyl (C=O) groups excluding carboxylic acids is 1. The lowest BCUT2D eigenvalue weighted by Gasteiger charge is -2.44. The van der Waals surface area contributed by atoms with Gasteiger partial charge in [0, 0.05) is 47.7 Å². The largest absolute Gasteiger partial charge is 0.443 e. The lowest BCUT2D eigenvalue weighted by Crippen LogP contribution is -2.50. The Labute approximate surface area is 376 Å². The van der Waals surface area contributed by atoms with E-state index >= 15 is 0 Å². The van der Waals surface area contributed by atoms with Gasteiger partial charge in [-0.1, -0.05) is 12.8 Å². The highest BCUT2D eigenvalue weighted by Crippen LogP contribution is 2.46. The van der Waals surface area contributed by atoms with Crippen LogP contribution in [0, 0.1) is 25.5 Å². The zero-order chi connectivity index (χ0) is 45.8. The summed E-state index contributed by atoms with van der Waals surface area (Å²) in [6.45, 7) is 10.3. The third-order valence-corrected chi connectivity index (χ3v) is 12.0. The van der Waals surface area contributed by atoms with Gasteiger partial charge >= 0.3 is 6.09 Å². The minimum atomic E-state index is -0.714. The smallest absolute Gasteiger partial charge is 0.416 e. The van der Waals surface area contributed by atoms with Gasteiger partial charge in [-0.3, -0.25) is 24.8 Å². The topological polar surface area (TPSA) is 176 Å². The number of nitrogen functional groups attached to an aromatic ring is 1. The molecule has 0 saturated heterocycles. The number of aromatic nitrogens is 9. The first-order chi connectivity index (χ1) is 31.2. The molecule has 2 fully saturated rings. The standard InChI is InChI=1S/C30H33FN6O2.C19H19FN6/c1-20-9-10-21(2)37(20)22-11-12-24(33-18-22)25-13-14-26(35-34-25)36(28(38)39-29(3,4)5)19-30(15-7-16-30)27-23(31)8-6-17-32-27;20-14-3-1-10-22-18(14)19(8-2-9-19)12-24-17-7-6-16(25-26-17)15-5-4-13(21)11-23-15/h6,8-14,17-18H,7,15-16,19H2,1-5H3;1,3-7,10-11H,2,8-9,12,21H2,(H,24,26). The highest BCUT2D eigenvalue weighted by Gasteiger charge is 2.46. The van der Waals surface area contributed by atoms with Gasteiger partial charge in [0.1, 0.15) is 34.4 Å². The Morgan fingerprint density at radius 3 is 1.75 bits per heavy atom. The highest BCUT2D eigenvalue weighted by molar-refractivity contribution is 5.87. The highest BCUT2D eigenvalue weighted by atomic mass is 19.1. The summed E-state index contributed by atoms with van der Waals surface area (Å²) >= 11 is 0. The number of pyridine rings is 4. The number of nitrogens with zero attached hydrogens (tertiary/aromatic N) is 10. The summed E-state index contributed by atoms with van der Waals surface area (Å²) in [7, 11) is 0. The quantitative estimate of drug-likeness (QED) is 0.126. The van der Waals surface area contributed by atoms with Crippen LogP contribution in [0.2, 0.25) is 0 Å². The first-order valence-corrected chi connectivity index (χ1v) is 21.7. The van der Waals surface area contributed by atoms with Crippen LogP contribution in [-0.2, 0) is 15.6 Å². The number of nitrogens with one attached hydrogen (secondary N) is 1. The Bertz CT molecular complexity index is 2710. The maximum Gasteiger partial charge on any atom is 0.416 e.